The molecule has 0 unspecified atom stereocenters. The lowest BCUT2D eigenvalue weighted by atomic mass is 10.2. The summed E-state index contributed by atoms with van der Waals surface area (Å²) in [6.07, 6.45) is 12.1. The van der Waals surface area contributed by atoms with E-state index in [9.17, 15) is 0 Å². The van der Waals surface area contributed by atoms with Gasteiger partial charge in [-0.2, -0.15) is 0 Å². The van der Waals surface area contributed by atoms with Crippen LogP contribution in [0.25, 0.3) is 12.2 Å². The minimum absolute atomic E-state index is 0.924. The summed E-state index contributed by atoms with van der Waals surface area (Å²) in [5.41, 5.74) is 2.10. The third-order valence-corrected chi connectivity index (χ3v) is 2.67. The number of allylic oxidation sites excluding steroid dienone is 2. The van der Waals surface area contributed by atoms with Gasteiger partial charge >= 0.3 is 0 Å². The van der Waals surface area contributed by atoms with Gasteiger partial charge in [0.2, 0.25) is 0 Å². The molecule has 0 saturated carbocycles. The highest BCUT2D eigenvalue weighted by atomic mass is 14.6. The Bertz CT molecular complexity index is 629. The van der Waals surface area contributed by atoms with E-state index >= 15 is 0 Å². The normalized spacial score (nSPS) is 7.85. The smallest absolute Gasteiger partial charge is 0.0623 e. The first-order chi connectivity index (χ1) is 12.8. The summed E-state index contributed by atoms with van der Waals surface area (Å²) in [6.45, 7) is 13.9. The van der Waals surface area contributed by atoms with Gasteiger partial charge < -0.3 is 0 Å². The largest absolute Gasteiger partial charge is 0.265 e. The maximum Gasteiger partial charge on any atom is 0.0623 e. The second kappa shape index (κ2) is 17.8. The lowest BCUT2D eigenvalue weighted by Gasteiger charge is -1.85. The molecule has 0 amide bonds. The molecule has 0 radical (unpaired) electrons. The van der Waals surface area contributed by atoms with E-state index in [0.29, 0.717) is 0 Å². The summed E-state index contributed by atoms with van der Waals surface area (Å²) in [5.74, 6) is 0. The lowest BCUT2D eigenvalue weighted by molar-refractivity contribution is 1.30. The Morgan fingerprint density at radius 1 is 0.577 bits per heavy atom. The van der Waals surface area contributed by atoms with Gasteiger partial charge in [-0.25, -0.2) is 0 Å². The summed E-state index contributed by atoms with van der Waals surface area (Å²) in [6, 6.07) is 21.5. The molecule has 3 rings (SSSR count). The number of rotatable bonds is 3. The molecule has 132 valence electrons. The van der Waals surface area contributed by atoms with E-state index in [1.807, 2.05) is 72.8 Å². The topological polar surface area (TPSA) is 25.8 Å². The van der Waals surface area contributed by atoms with Gasteiger partial charge in [0.05, 0.1) is 5.69 Å². The summed E-state index contributed by atoms with van der Waals surface area (Å²) < 4.78 is 0. The molecule has 2 heterocycles. The van der Waals surface area contributed by atoms with E-state index in [1.165, 1.54) is 5.56 Å². The van der Waals surface area contributed by atoms with Gasteiger partial charge in [0.1, 0.15) is 0 Å². The molecule has 0 saturated heterocycles. The van der Waals surface area contributed by atoms with Crippen molar-refractivity contribution in [1.82, 2.24) is 9.97 Å². The summed E-state index contributed by atoms with van der Waals surface area (Å²) in [5, 5.41) is 0. The number of aromatic nitrogens is 2. The second-order valence-electron chi connectivity index (χ2n) is 4.57. The average molecular weight is 342 g/mol. The Hall–Kier alpha value is -3.52. The van der Waals surface area contributed by atoms with Gasteiger partial charge in [-0.05, 0) is 35.9 Å². The highest BCUT2D eigenvalue weighted by Crippen LogP contribution is 1.97. The zero-order chi connectivity index (χ0) is 19.3. The van der Waals surface area contributed by atoms with Crippen LogP contribution in [0.4, 0.5) is 0 Å². The third-order valence-electron chi connectivity index (χ3n) is 2.67. The summed E-state index contributed by atoms with van der Waals surface area (Å²) >= 11 is 0. The molecule has 2 nitrogen and oxygen atoms in total. The third kappa shape index (κ3) is 14.1. The van der Waals surface area contributed by atoms with Gasteiger partial charge in [0, 0.05) is 18.6 Å². The van der Waals surface area contributed by atoms with Crippen molar-refractivity contribution in [2.24, 2.45) is 0 Å². The van der Waals surface area contributed by atoms with Crippen LogP contribution in [-0.4, -0.2) is 9.97 Å². The highest BCUT2D eigenvalue weighted by Gasteiger charge is 1.77. The molecule has 0 spiro atoms. The number of pyridine rings is 2. The monoisotopic (exact) mass is 342 g/mol. The maximum atomic E-state index is 3.98. The molecule has 26 heavy (non-hydrogen) atoms. The molecule has 0 aliphatic rings. The predicted octanol–water partition coefficient (Wildman–Crippen LogP) is 6.49. The van der Waals surface area contributed by atoms with Crippen LogP contribution in [0.15, 0.2) is 124 Å². The average Bonchev–Trinajstić information content (AvgIpc) is 2.77. The Morgan fingerprint density at radius 2 is 1.12 bits per heavy atom. The van der Waals surface area contributed by atoms with Crippen molar-refractivity contribution < 1.29 is 0 Å². The molecule has 0 N–H and O–H groups in total. The molecule has 1 aromatic carbocycles. The fourth-order valence-electron chi connectivity index (χ4n) is 1.40. The molecular formula is C24H26N2. The first-order valence-corrected chi connectivity index (χ1v) is 8.07. The number of nitrogens with zero attached hydrogens (tertiary/aromatic N) is 2. The first-order valence-electron chi connectivity index (χ1n) is 8.07. The van der Waals surface area contributed by atoms with Gasteiger partial charge in [-0.1, -0.05) is 87.0 Å². The molecular weight excluding hydrogens is 316 g/mol. The zero-order valence-electron chi connectivity index (χ0n) is 15.1. The summed E-state index contributed by atoms with van der Waals surface area (Å²) in [7, 11) is 0. The quantitative estimate of drug-likeness (QED) is 0.508. The van der Waals surface area contributed by atoms with Crippen molar-refractivity contribution in [3.05, 3.63) is 135 Å². The lowest BCUT2D eigenvalue weighted by Crippen LogP contribution is -1.73. The standard InChI is InChI=1S/C8H8.C7H7N.C5H5N.C4H6/c1-2-8-6-4-3-5-7-8;1-2-7-5-3-4-6-8-7;1-2-4-6-5-3-1;1-3-4-2/h2-7H,1H2;2-6H,1H2;1-5H;3-4H,1-2H2. The Balaban J connectivity index is 0.000000331. The van der Waals surface area contributed by atoms with E-state index < -0.39 is 0 Å². The van der Waals surface area contributed by atoms with E-state index in [1.54, 1.807) is 36.8 Å². The van der Waals surface area contributed by atoms with Crippen LogP contribution in [0.2, 0.25) is 0 Å². The van der Waals surface area contributed by atoms with E-state index in [-0.39, 0.29) is 0 Å². The van der Waals surface area contributed by atoms with E-state index in [0.717, 1.165) is 5.69 Å². The molecule has 3 aromatic rings. The molecule has 0 bridgehead atoms. The van der Waals surface area contributed by atoms with Crippen LogP contribution in [0.5, 0.6) is 0 Å². The van der Waals surface area contributed by atoms with Crippen LogP contribution in [0.1, 0.15) is 11.3 Å². The van der Waals surface area contributed by atoms with Gasteiger partial charge in [-0.15, -0.1) is 0 Å². The molecule has 0 atom stereocenters. The second-order valence-corrected chi connectivity index (χ2v) is 4.57. The number of hydrogen-bond acceptors (Lipinski definition) is 2. The SMILES string of the molecule is C=CC=C.C=Cc1ccccc1.C=Cc1ccccn1.c1ccncc1. The van der Waals surface area contributed by atoms with Crippen LogP contribution < -0.4 is 0 Å². The number of benzene rings is 1. The van der Waals surface area contributed by atoms with Crippen molar-refractivity contribution in [1.29, 1.82) is 0 Å². The van der Waals surface area contributed by atoms with Gasteiger partial charge in [0.15, 0.2) is 0 Å². The molecule has 2 heteroatoms. The van der Waals surface area contributed by atoms with Crippen LogP contribution in [0, 0.1) is 0 Å². The van der Waals surface area contributed by atoms with Crippen molar-refractivity contribution in [3.63, 3.8) is 0 Å². The fraction of sp³-hybridized carbons (Fsp3) is 0. The summed E-state index contributed by atoms with van der Waals surface area (Å²) in [4.78, 5) is 7.76. The van der Waals surface area contributed by atoms with Crippen LogP contribution >= 0.6 is 0 Å². The van der Waals surface area contributed by atoms with Crippen molar-refractivity contribution in [2.45, 2.75) is 0 Å². The Morgan fingerprint density at radius 3 is 1.38 bits per heavy atom. The Labute approximate surface area is 157 Å². The van der Waals surface area contributed by atoms with Crippen molar-refractivity contribution in [2.75, 3.05) is 0 Å². The Kier molecular flexibility index (Phi) is 15.4. The molecule has 0 aliphatic carbocycles. The minimum Gasteiger partial charge on any atom is -0.265 e. The fourth-order valence-corrected chi connectivity index (χ4v) is 1.40. The molecule has 0 aliphatic heterocycles. The minimum atomic E-state index is 0.924. The number of hydrogen-bond donors (Lipinski definition) is 0. The van der Waals surface area contributed by atoms with Crippen molar-refractivity contribution in [3.8, 4) is 0 Å². The molecule has 0 fully saturated rings. The first kappa shape index (κ1) is 22.5. The zero-order valence-corrected chi connectivity index (χ0v) is 15.1. The van der Waals surface area contributed by atoms with Crippen LogP contribution in [-0.2, 0) is 0 Å². The highest BCUT2D eigenvalue weighted by molar-refractivity contribution is 5.45. The van der Waals surface area contributed by atoms with Crippen LogP contribution in [0.3, 0.4) is 0 Å². The van der Waals surface area contributed by atoms with Crippen molar-refractivity contribution >= 4 is 12.2 Å². The van der Waals surface area contributed by atoms with Gasteiger partial charge in [-0.3, -0.25) is 9.97 Å². The van der Waals surface area contributed by atoms with E-state index in [4.69, 9.17) is 0 Å². The molecule has 2 aromatic heterocycles. The predicted molar refractivity (Wildman–Crippen MR) is 115 cm³/mol. The maximum absolute atomic E-state index is 3.98. The van der Waals surface area contributed by atoms with Gasteiger partial charge in [0.25, 0.3) is 0 Å². The van der Waals surface area contributed by atoms with E-state index in [2.05, 4.69) is 36.3 Å².